The average Bonchev–Trinajstić information content (AvgIpc) is 2.42. The van der Waals surface area contributed by atoms with Crippen LogP contribution in [0.1, 0.15) is 36.8 Å². The number of nitrogens with one attached hydrogen (secondary N) is 1. The van der Waals surface area contributed by atoms with Crippen LogP contribution in [0.4, 0.5) is 0 Å². The average molecular weight is 262 g/mol. The van der Waals surface area contributed by atoms with Crippen LogP contribution in [0.3, 0.4) is 0 Å². The van der Waals surface area contributed by atoms with Gasteiger partial charge in [-0.2, -0.15) is 0 Å². The lowest BCUT2D eigenvalue weighted by atomic mass is 9.93. The first-order chi connectivity index (χ1) is 9.19. The first-order valence-corrected chi connectivity index (χ1v) is 6.88. The lowest BCUT2D eigenvalue weighted by molar-refractivity contribution is -0.121. The number of carbonyl (C=O) groups is 1. The van der Waals surface area contributed by atoms with Gasteiger partial charge in [0.25, 0.3) is 0 Å². The summed E-state index contributed by atoms with van der Waals surface area (Å²) >= 11 is 0. The van der Waals surface area contributed by atoms with Crippen LogP contribution in [0.15, 0.2) is 24.3 Å². The topological polar surface area (TPSA) is 64.3 Å². The van der Waals surface area contributed by atoms with Gasteiger partial charge in [0, 0.05) is 6.04 Å². The molecule has 1 saturated carbocycles. The Kier molecular flexibility index (Phi) is 4.93. The highest BCUT2D eigenvalue weighted by atomic mass is 16.6. The highest BCUT2D eigenvalue weighted by molar-refractivity contribution is 5.79. The number of rotatable bonds is 4. The fourth-order valence-electron chi connectivity index (χ4n) is 2.60. The second-order valence-electron chi connectivity index (χ2n) is 5.28. The molecule has 104 valence electrons. The van der Waals surface area contributed by atoms with E-state index in [0.29, 0.717) is 6.42 Å². The van der Waals surface area contributed by atoms with Gasteiger partial charge in [0.05, 0.1) is 12.5 Å². The summed E-state index contributed by atoms with van der Waals surface area (Å²) in [5.74, 6) is 5.28. The van der Waals surface area contributed by atoms with Crippen molar-refractivity contribution in [3.63, 3.8) is 0 Å². The summed E-state index contributed by atoms with van der Waals surface area (Å²) < 4.78 is 0. The molecule has 19 heavy (non-hydrogen) atoms. The Labute approximate surface area is 114 Å². The summed E-state index contributed by atoms with van der Waals surface area (Å²) in [7, 11) is 0. The van der Waals surface area contributed by atoms with Gasteiger partial charge in [-0.05, 0) is 43.7 Å². The number of benzene rings is 1. The summed E-state index contributed by atoms with van der Waals surface area (Å²) in [5, 5.41) is 3.10. The zero-order valence-corrected chi connectivity index (χ0v) is 11.4. The largest absolute Gasteiger partial charge is 0.353 e. The van der Waals surface area contributed by atoms with Gasteiger partial charge < -0.3 is 10.2 Å². The Morgan fingerprint density at radius 3 is 2.63 bits per heavy atom. The Bertz CT molecular complexity index is 426. The van der Waals surface area contributed by atoms with Gasteiger partial charge >= 0.3 is 0 Å². The van der Waals surface area contributed by atoms with Crippen LogP contribution in [0, 0.1) is 6.92 Å². The zero-order chi connectivity index (χ0) is 13.7. The molecule has 0 unspecified atom stereocenters. The number of amides is 1. The summed E-state index contributed by atoms with van der Waals surface area (Å²) in [4.78, 5) is 16.9. The molecule has 1 fully saturated rings. The van der Waals surface area contributed by atoms with Crippen LogP contribution in [0.5, 0.6) is 0 Å². The molecule has 0 saturated heterocycles. The molecule has 0 heterocycles. The molecular formula is C15H22N2O2. The molecule has 3 N–H and O–H groups in total. The van der Waals surface area contributed by atoms with E-state index in [9.17, 15) is 4.79 Å². The molecular weight excluding hydrogens is 240 g/mol. The van der Waals surface area contributed by atoms with Crippen molar-refractivity contribution in [1.29, 1.82) is 0 Å². The maximum Gasteiger partial charge on any atom is 0.224 e. The highest BCUT2D eigenvalue weighted by Crippen LogP contribution is 2.20. The molecule has 1 aliphatic carbocycles. The van der Waals surface area contributed by atoms with Crippen LogP contribution in [0.2, 0.25) is 0 Å². The Hall–Kier alpha value is -1.39. The highest BCUT2D eigenvalue weighted by Gasteiger charge is 2.22. The second-order valence-corrected chi connectivity index (χ2v) is 5.28. The van der Waals surface area contributed by atoms with Crippen molar-refractivity contribution in [2.45, 2.75) is 51.2 Å². The predicted octanol–water partition coefficient (Wildman–Crippen LogP) is 1.86. The number of carbonyl (C=O) groups excluding carboxylic acids is 1. The van der Waals surface area contributed by atoms with Crippen molar-refractivity contribution >= 4 is 5.91 Å². The molecule has 2 rings (SSSR count). The van der Waals surface area contributed by atoms with Crippen molar-refractivity contribution < 1.29 is 9.63 Å². The van der Waals surface area contributed by atoms with Gasteiger partial charge in [0.15, 0.2) is 0 Å². The van der Waals surface area contributed by atoms with Crippen LogP contribution < -0.4 is 11.2 Å². The lowest BCUT2D eigenvalue weighted by Gasteiger charge is -2.27. The molecule has 0 spiro atoms. The third-order valence-electron chi connectivity index (χ3n) is 3.84. The number of aryl methyl sites for hydroxylation is 1. The van der Waals surface area contributed by atoms with Gasteiger partial charge in [-0.1, -0.05) is 24.3 Å². The van der Waals surface area contributed by atoms with Crippen molar-refractivity contribution in [3.05, 3.63) is 35.4 Å². The predicted molar refractivity (Wildman–Crippen MR) is 74.3 cm³/mol. The minimum atomic E-state index is 0.103. The molecule has 1 amide bonds. The number of hydrogen-bond donors (Lipinski definition) is 2. The van der Waals surface area contributed by atoms with Crippen LogP contribution in [-0.2, 0) is 16.1 Å². The van der Waals surface area contributed by atoms with Gasteiger partial charge in [0.1, 0.15) is 0 Å². The maximum atomic E-state index is 12.0. The normalized spacial score (nSPS) is 23.1. The van der Waals surface area contributed by atoms with Crippen molar-refractivity contribution in [3.8, 4) is 0 Å². The lowest BCUT2D eigenvalue weighted by Crippen LogP contribution is -2.40. The summed E-state index contributed by atoms with van der Waals surface area (Å²) in [6.45, 7) is 2.03. The van der Waals surface area contributed by atoms with E-state index in [1.165, 1.54) is 0 Å². The standard InChI is InChI=1S/C15H22N2O2/c1-11-4-2-3-5-12(11)10-15(18)17-13-6-8-14(19-16)9-7-13/h2-5,13-14H,6-10,16H2,1H3,(H,17,18). The molecule has 1 aliphatic rings. The van der Waals surface area contributed by atoms with E-state index in [2.05, 4.69) is 5.32 Å². The molecule has 0 aliphatic heterocycles. The van der Waals surface area contributed by atoms with Crippen LogP contribution >= 0.6 is 0 Å². The van der Waals surface area contributed by atoms with E-state index < -0.39 is 0 Å². The molecule has 0 radical (unpaired) electrons. The number of nitrogens with two attached hydrogens (primary N) is 1. The summed E-state index contributed by atoms with van der Waals surface area (Å²) in [5.41, 5.74) is 2.26. The molecule has 0 atom stereocenters. The van der Waals surface area contributed by atoms with E-state index in [-0.39, 0.29) is 18.1 Å². The zero-order valence-electron chi connectivity index (χ0n) is 11.4. The Morgan fingerprint density at radius 2 is 2.00 bits per heavy atom. The maximum absolute atomic E-state index is 12.0. The minimum Gasteiger partial charge on any atom is -0.353 e. The first-order valence-electron chi connectivity index (χ1n) is 6.88. The SMILES string of the molecule is Cc1ccccc1CC(=O)NC1CCC(ON)CC1. The van der Waals surface area contributed by atoms with E-state index in [1.807, 2.05) is 31.2 Å². The van der Waals surface area contributed by atoms with E-state index in [4.69, 9.17) is 10.7 Å². The van der Waals surface area contributed by atoms with Gasteiger partial charge in [0.2, 0.25) is 5.91 Å². The van der Waals surface area contributed by atoms with E-state index >= 15 is 0 Å². The van der Waals surface area contributed by atoms with Gasteiger partial charge in [-0.15, -0.1) is 0 Å². The quantitative estimate of drug-likeness (QED) is 0.814. The van der Waals surface area contributed by atoms with Crippen molar-refractivity contribution in [1.82, 2.24) is 5.32 Å². The second kappa shape index (κ2) is 6.68. The van der Waals surface area contributed by atoms with Crippen molar-refractivity contribution in [2.24, 2.45) is 5.90 Å². The monoisotopic (exact) mass is 262 g/mol. The molecule has 4 nitrogen and oxygen atoms in total. The fourth-order valence-corrected chi connectivity index (χ4v) is 2.60. The van der Waals surface area contributed by atoms with Gasteiger partial charge in [-0.3, -0.25) is 4.79 Å². The molecule has 1 aromatic carbocycles. The molecule has 0 aromatic heterocycles. The third-order valence-corrected chi connectivity index (χ3v) is 3.84. The van der Waals surface area contributed by atoms with E-state index in [0.717, 1.165) is 36.8 Å². The van der Waals surface area contributed by atoms with Crippen LogP contribution in [0.25, 0.3) is 0 Å². The third kappa shape index (κ3) is 4.04. The molecule has 0 bridgehead atoms. The van der Waals surface area contributed by atoms with E-state index in [1.54, 1.807) is 0 Å². The molecule has 4 heteroatoms. The molecule has 1 aromatic rings. The first kappa shape index (κ1) is 14.0. The fraction of sp³-hybridized carbons (Fsp3) is 0.533. The van der Waals surface area contributed by atoms with Crippen molar-refractivity contribution in [2.75, 3.05) is 0 Å². The van der Waals surface area contributed by atoms with Crippen LogP contribution in [-0.4, -0.2) is 18.1 Å². The minimum absolute atomic E-state index is 0.103. The van der Waals surface area contributed by atoms with Gasteiger partial charge in [-0.25, -0.2) is 5.90 Å². The Balaban J connectivity index is 1.81. The Morgan fingerprint density at radius 1 is 1.32 bits per heavy atom. The summed E-state index contributed by atoms with van der Waals surface area (Å²) in [6, 6.07) is 8.27. The summed E-state index contributed by atoms with van der Waals surface area (Å²) in [6.07, 6.45) is 4.35. The number of hydrogen-bond acceptors (Lipinski definition) is 3. The smallest absolute Gasteiger partial charge is 0.224 e.